The minimum atomic E-state index is -0.546. The van der Waals surface area contributed by atoms with Crippen molar-refractivity contribution in [1.29, 1.82) is 0 Å². The van der Waals surface area contributed by atoms with Crippen molar-refractivity contribution in [2.75, 3.05) is 11.9 Å². The molecule has 5 heteroatoms. The van der Waals surface area contributed by atoms with Crippen molar-refractivity contribution < 1.29 is 19.4 Å². The minimum absolute atomic E-state index is 0.0377. The number of hydrogen-bond acceptors (Lipinski definition) is 4. The molecule has 1 amide bonds. The zero-order chi connectivity index (χ0) is 15.5. The van der Waals surface area contributed by atoms with Crippen LogP contribution in [0.4, 0.5) is 10.5 Å². The Morgan fingerprint density at radius 1 is 1.43 bits per heavy atom. The Hall–Kier alpha value is -1.59. The molecule has 1 atom stereocenters. The van der Waals surface area contributed by atoms with E-state index in [1.165, 1.54) is 0 Å². The second-order valence-electron chi connectivity index (χ2n) is 6.25. The summed E-state index contributed by atoms with van der Waals surface area (Å²) >= 11 is 0. The van der Waals surface area contributed by atoms with Crippen molar-refractivity contribution >= 4 is 11.8 Å². The number of nitrogens with one attached hydrogen (secondary N) is 1. The number of aliphatic hydroxyl groups is 1. The van der Waals surface area contributed by atoms with E-state index in [9.17, 15) is 9.90 Å². The summed E-state index contributed by atoms with van der Waals surface area (Å²) in [6.07, 6.45) is 1.52. The maximum atomic E-state index is 11.8. The van der Waals surface area contributed by atoms with Crippen LogP contribution in [-0.2, 0) is 16.1 Å². The fourth-order valence-electron chi connectivity index (χ4n) is 2.33. The number of ether oxygens (including phenoxy) is 2. The highest BCUT2D eigenvalue weighted by atomic mass is 16.6. The third kappa shape index (κ3) is 4.72. The van der Waals surface area contributed by atoms with Crippen LogP contribution in [0.5, 0.6) is 0 Å². The molecule has 0 aromatic heterocycles. The predicted octanol–water partition coefficient (Wildman–Crippen LogP) is 3.38. The first-order chi connectivity index (χ1) is 9.87. The van der Waals surface area contributed by atoms with Gasteiger partial charge in [-0.25, -0.2) is 4.79 Å². The van der Waals surface area contributed by atoms with Crippen LogP contribution in [0.1, 0.15) is 50.8 Å². The molecule has 21 heavy (non-hydrogen) atoms. The molecule has 1 heterocycles. The molecule has 2 rings (SSSR count). The molecule has 0 bridgehead atoms. The van der Waals surface area contributed by atoms with Crippen molar-refractivity contribution in [2.45, 2.75) is 51.9 Å². The molecule has 0 aliphatic carbocycles. The Morgan fingerprint density at radius 2 is 2.19 bits per heavy atom. The monoisotopic (exact) mass is 293 g/mol. The standard InChI is InChI=1S/C16H23NO4/c1-16(2,3)21-15(19)17-13-8-11(10-18)7-12(9-13)14-5-4-6-20-14/h7-9,14,18H,4-6,10H2,1-3H3,(H,17,19). The zero-order valence-corrected chi connectivity index (χ0v) is 12.8. The summed E-state index contributed by atoms with van der Waals surface area (Å²) < 4.78 is 10.9. The topological polar surface area (TPSA) is 67.8 Å². The minimum Gasteiger partial charge on any atom is -0.444 e. The quantitative estimate of drug-likeness (QED) is 0.896. The lowest BCUT2D eigenvalue weighted by molar-refractivity contribution is 0.0635. The molecule has 1 aromatic rings. The first kappa shape index (κ1) is 15.8. The fourth-order valence-corrected chi connectivity index (χ4v) is 2.33. The Balaban J connectivity index is 2.14. The van der Waals surface area contributed by atoms with E-state index in [1.54, 1.807) is 6.07 Å². The molecule has 1 aromatic carbocycles. The summed E-state index contributed by atoms with van der Waals surface area (Å²) in [5, 5.41) is 12.1. The number of amides is 1. The molecule has 116 valence electrons. The first-order valence-corrected chi connectivity index (χ1v) is 7.24. The number of carbonyl (C=O) groups is 1. The van der Waals surface area contributed by atoms with Gasteiger partial charge in [0.2, 0.25) is 0 Å². The van der Waals surface area contributed by atoms with E-state index in [0.717, 1.165) is 30.6 Å². The normalized spacial score (nSPS) is 18.6. The van der Waals surface area contributed by atoms with E-state index in [4.69, 9.17) is 9.47 Å². The van der Waals surface area contributed by atoms with Gasteiger partial charge in [0, 0.05) is 12.3 Å². The molecular formula is C16H23NO4. The van der Waals surface area contributed by atoms with Gasteiger partial charge in [0.15, 0.2) is 0 Å². The molecule has 2 N–H and O–H groups in total. The number of carbonyl (C=O) groups excluding carboxylic acids is 1. The van der Waals surface area contributed by atoms with Crippen LogP contribution in [0, 0.1) is 0 Å². The van der Waals surface area contributed by atoms with Gasteiger partial charge in [-0.1, -0.05) is 6.07 Å². The van der Waals surface area contributed by atoms with Gasteiger partial charge in [-0.15, -0.1) is 0 Å². The van der Waals surface area contributed by atoms with Crippen molar-refractivity contribution in [2.24, 2.45) is 0 Å². The van der Waals surface area contributed by atoms with Gasteiger partial charge in [0.05, 0.1) is 12.7 Å². The van der Waals surface area contributed by atoms with Gasteiger partial charge < -0.3 is 14.6 Å². The van der Waals surface area contributed by atoms with E-state index in [2.05, 4.69) is 5.32 Å². The van der Waals surface area contributed by atoms with Gasteiger partial charge in [0.25, 0.3) is 0 Å². The predicted molar refractivity (Wildman–Crippen MR) is 80.1 cm³/mol. The number of anilines is 1. The Morgan fingerprint density at radius 3 is 2.76 bits per heavy atom. The maximum absolute atomic E-state index is 11.8. The largest absolute Gasteiger partial charge is 0.444 e. The molecule has 1 aliphatic rings. The lowest BCUT2D eigenvalue weighted by Crippen LogP contribution is -2.27. The van der Waals surface area contributed by atoms with Gasteiger partial charge in [0.1, 0.15) is 5.60 Å². The highest BCUT2D eigenvalue weighted by Crippen LogP contribution is 2.31. The molecule has 0 spiro atoms. The van der Waals surface area contributed by atoms with Crippen molar-refractivity contribution in [1.82, 2.24) is 0 Å². The molecular weight excluding hydrogens is 270 g/mol. The first-order valence-electron chi connectivity index (χ1n) is 7.24. The van der Waals surface area contributed by atoms with Gasteiger partial charge in [-0.2, -0.15) is 0 Å². The average molecular weight is 293 g/mol. The van der Waals surface area contributed by atoms with Crippen molar-refractivity contribution in [3.05, 3.63) is 29.3 Å². The number of rotatable bonds is 3. The van der Waals surface area contributed by atoms with E-state index in [-0.39, 0.29) is 12.7 Å². The molecule has 0 saturated carbocycles. The second kappa shape index (κ2) is 6.45. The van der Waals surface area contributed by atoms with Crippen LogP contribution in [0.2, 0.25) is 0 Å². The van der Waals surface area contributed by atoms with Crippen molar-refractivity contribution in [3.63, 3.8) is 0 Å². The maximum Gasteiger partial charge on any atom is 0.412 e. The fraction of sp³-hybridized carbons (Fsp3) is 0.562. The summed E-state index contributed by atoms with van der Waals surface area (Å²) in [7, 11) is 0. The van der Waals surface area contributed by atoms with Crippen LogP contribution < -0.4 is 5.32 Å². The highest BCUT2D eigenvalue weighted by Gasteiger charge is 2.20. The van der Waals surface area contributed by atoms with Gasteiger partial charge >= 0.3 is 6.09 Å². The smallest absolute Gasteiger partial charge is 0.412 e. The van der Waals surface area contributed by atoms with E-state index in [0.29, 0.717) is 5.69 Å². The molecule has 0 radical (unpaired) electrons. The number of benzene rings is 1. The van der Waals surface area contributed by atoms with Crippen molar-refractivity contribution in [3.8, 4) is 0 Å². The summed E-state index contributed by atoms with van der Waals surface area (Å²) in [4.78, 5) is 11.8. The Kier molecular flexibility index (Phi) is 4.85. The number of aliphatic hydroxyl groups excluding tert-OH is 1. The molecule has 1 aliphatic heterocycles. The Labute approximate surface area is 125 Å². The van der Waals surface area contributed by atoms with E-state index < -0.39 is 11.7 Å². The average Bonchev–Trinajstić information content (AvgIpc) is 2.89. The summed E-state index contributed by atoms with van der Waals surface area (Å²) in [5.41, 5.74) is 1.79. The van der Waals surface area contributed by atoms with Crippen LogP contribution in [-0.4, -0.2) is 23.4 Å². The van der Waals surface area contributed by atoms with E-state index >= 15 is 0 Å². The van der Waals surface area contributed by atoms with Crippen LogP contribution in [0.25, 0.3) is 0 Å². The lowest BCUT2D eigenvalue weighted by Gasteiger charge is -2.20. The SMILES string of the molecule is CC(C)(C)OC(=O)Nc1cc(CO)cc(C2CCCO2)c1. The molecule has 1 unspecified atom stereocenters. The Bertz CT molecular complexity index is 501. The second-order valence-corrected chi connectivity index (χ2v) is 6.25. The van der Waals surface area contributed by atoms with Gasteiger partial charge in [-0.05, 0) is 56.9 Å². The lowest BCUT2D eigenvalue weighted by atomic mass is 10.0. The van der Waals surface area contributed by atoms with Crippen LogP contribution >= 0.6 is 0 Å². The zero-order valence-electron chi connectivity index (χ0n) is 12.8. The summed E-state index contributed by atoms with van der Waals surface area (Å²) in [6.45, 7) is 6.12. The highest BCUT2D eigenvalue weighted by molar-refractivity contribution is 5.85. The van der Waals surface area contributed by atoms with Gasteiger partial charge in [-0.3, -0.25) is 5.32 Å². The molecule has 1 fully saturated rings. The van der Waals surface area contributed by atoms with Crippen LogP contribution in [0.3, 0.4) is 0 Å². The number of hydrogen-bond donors (Lipinski definition) is 2. The summed E-state index contributed by atoms with van der Waals surface area (Å²) in [6, 6.07) is 5.53. The molecule has 1 saturated heterocycles. The van der Waals surface area contributed by atoms with E-state index in [1.807, 2.05) is 32.9 Å². The summed E-state index contributed by atoms with van der Waals surface area (Å²) in [5.74, 6) is 0. The third-order valence-corrected chi connectivity index (χ3v) is 3.14. The molecule has 5 nitrogen and oxygen atoms in total. The van der Waals surface area contributed by atoms with Crippen LogP contribution in [0.15, 0.2) is 18.2 Å². The third-order valence-electron chi connectivity index (χ3n) is 3.14.